The number of hydrogen-bond acceptors (Lipinski definition) is 4. The Morgan fingerprint density at radius 3 is 2.38 bits per heavy atom. The van der Waals surface area contributed by atoms with Crippen LogP contribution in [-0.2, 0) is 4.79 Å². The van der Waals surface area contributed by atoms with Crippen LogP contribution in [0, 0.1) is 11.2 Å². The van der Waals surface area contributed by atoms with Crippen LogP contribution in [0.25, 0.3) is 55.7 Å². The van der Waals surface area contributed by atoms with E-state index in [1.807, 2.05) is 77.1 Å². The molecule has 40 heavy (non-hydrogen) atoms. The molecule has 6 aromatic rings. The van der Waals surface area contributed by atoms with E-state index in [1.54, 1.807) is 24.5 Å². The summed E-state index contributed by atoms with van der Waals surface area (Å²) >= 11 is 0. The number of aromatic nitrogens is 5. The van der Waals surface area contributed by atoms with Gasteiger partial charge < -0.3 is 10.3 Å². The monoisotopic (exact) mass is 534 g/mol. The molecule has 0 aliphatic rings. The molecule has 0 aliphatic heterocycles. The molecule has 0 aliphatic carbocycles. The number of amides is 1. The zero-order valence-corrected chi connectivity index (χ0v) is 23.1. The summed E-state index contributed by atoms with van der Waals surface area (Å²) in [6, 6.07) is 20.2. The molecule has 0 radical (unpaired) electrons. The molecule has 0 saturated carbocycles. The maximum absolute atomic E-state index is 13.5. The van der Waals surface area contributed by atoms with Crippen molar-refractivity contribution in [3.8, 4) is 33.8 Å². The van der Waals surface area contributed by atoms with Crippen LogP contribution in [0.5, 0.6) is 0 Å². The molecular weight excluding hydrogens is 503 g/mol. The highest BCUT2D eigenvalue weighted by molar-refractivity contribution is 5.99. The molecular formula is C32H31FN6O. The highest BCUT2D eigenvalue weighted by atomic mass is 19.1. The Bertz CT molecular complexity index is 1810. The second kappa shape index (κ2) is 10.7. The summed E-state index contributed by atoms with van der Waals surface area (Å²) < 4.78 is 13.5. The number of para-hydroxylation sites is 1. The van der Waals surface area contributed by atoms with Crippen molar-refractivity contribution in [2.24, 2.45) is 5.41 Å². The number of hydrogen-bond donors (Lipinski definition) is 3. The molecule has 0 fully saturated rings. The van der Waals surface area contributed by atoms with Gasteiger partial charge in [-0.1, -0.05) is 65.0 Å². The molecule has 8 heteroatoms. The van der Waals surface area contributed by atoms with Gasteiger partial charge in [0.1, 0.15) is 11.5 Å². The standard InChI is InChI=1S/C30H25FN6O.C2H6/c1-30(2,3)29(38)33-21-13-19(15-32-16-21)18-9-12-24-23(14-18)27(37-36-24)28-34-25-6-4-5-22(26(25)35-28)17-7-10-20(31)11-8-17;1-2/h4-16H,1-3H3,(H,33,38)(H,34,35)(H,36,37);1-2H3. The number of H-pyrrole nitrogens is 2. The number of carbonyl (C=O) groups is 1. The Labute approximate surface area is 231 Å². The maximum atomic E-state index is 13.5. The van der Waals surface area contributed by atoms with Crippen molar-refractivity contribution in [3.05, 3.63) is 84.9 Å². The van der Waals surface area contributed by atoms with Crippen LogP contribution in [0.3, 0.4) is 0 Å². The van der Waals surface area contributed by atoms with Gasteiger partial charge in [0.25, 0.3) is 0 Å². The third-order valence-electron chi connectivity index (χ3n) is 6.47. The molecule has 0 atom stereocenters. The van der Waals surface area contributed by atoms with Gasteiger partial charge in [0, 0.05) is 28.1 Å². The average molecular weight is 535 g/mol. The van der Waals surface area contributed by atoms with Gasteiger partial charge in [-0.25, -0.2) is 9.37 Å². The molecule has 0 unspecified atom stereocenters. The first-order chi connectivity index (χ1) is 19.3. The Morgan fingerprint density at radius 2 is 1.62 bits per heavy atom. The molecule has 3 N–H and O–H groups in total. The summed E-state index contributed by atoms with van der Waals surface area (Å²) in [6.07, 6.45) is 3.41. The Kier molecular flexibility index (Phi) is 7.17. The Hall–Kier alpha value is -4.85. The van der Waals surface area contributed by atoms with E-state index < -0.39 is 5.41 Å². The number of fused-ring (bicyclic) bond motifs is 2. The number of imidazole rings is 1. The molecule has 0 bridgehead atoms. The van der Waals surface area contributed by atoms with Crippen molar-refractivity contribution < 1.29 is 9.18 Å². The van der Waals surface area contributed by atoms with Crippen LogP contribution in [-0.4, -0.2) is 31.1 Å². The second-order valence-electron chi connectivity index (χ2n) is 10.3. The molecule has 202 valence electrons. The third-order valence-corrected chi connectivity index (χ3v) is 6.47. The lowest BCUT2D eigenvalue weighted by Crippen LogP contribution is -2.27. The summed E-state index contributed by atoms with van der Waals surface area (Å²) in [5.74, 6) is 0.274. The minimum Gasteiger partial charge on any atom is -0.337 e. The van der Waals surface area contributed by atoms with E-state index in [2.05, 4.69) is 25.5 Å². The lowest BCUT2D eigenvalue weighted by molar-refractivity contribution is -0.123. The zero-order valence-electron chi connectivity index (χ0n) is 23.1. The van der Waals surface area contributed by atoms with E-state index in [1.165, 1.54) is 12.1 Å². The summed E-state index contributed by atoms with van der Waals surface area (Å²) in [5.41, 5.74) is 6.93. The number of nitrogens with one attached hydrogen (secondary N) is 3. The van der Waals surface area contributed by atoms with Gasteiger partial charge in [0.15, 0.2) is 5.82 Å². The Morgan fingerprint density at radius 1 is 0.875 bits per heavy atom. The normalized spacial score (nSPS) is 11.3. The Balaban J connectivity index is 0.00000158. The third kappa shape index (κ3) is 5.20. The van der Waals surface area contributed by atoms with Gasteiger partial charge in [0.05, 0.1) is 28.4 Å². The van der Waals surface area contributed by atoms with Crippen LogP contribution < -0.4 is 5.32 Å². The smallest absolute Gasteiger partial charge is 0.229 e. The van der Waals surface area contributed by atoms with Gasteiger partial charge in [-0.3, -0.25) is 14.9 Å². The van der Waals surface area contributed by atoms with E-state index in [9.17, 15) is 9.18 Å². The van der Waals surface area contributed by atoms with Gasteiger partial charge in [-0.15, -0.1) is 0 Å². The van der Waals surface area contributed by atoms with Crippen LogP contribution in [0.2, 0.25) is 0 Å². The van der Waals surface area contributed by atoms with Crippen LogP contribution in [0.4, 0.5) is 10.1 Å². The molecule has 1 amide bonds. The van der Waals surface area contributed by atoms with Crippen molar-refractivity contribution in [2.75, 3.05) is 5.32 Å². The molecule has 7 nitrogen and oxygen atoms in total. The van der Waals surface area contributed by atoms with Crippen molar-refractivity contribution in [1.82, 2.24) is 25.1 Å². The van der Waals surface area contributed by atoms with E-state index in [0.29, 0.717) is 17.2 Å². The lowest BCUT2D eigenvalue weighted by Gasteiger charge is -2.17. The van der Waals surface area contributed by atoms with Gasteiger partial charge in [-0.2, -0.15) is 5.10 Å². The van der Waals surface area contributed by atoms with E-state index >= 15 is 0 Å². The minimum absolute atomic E-state index is 0.0751. The number of aromatic amines is 2. The number of pyridine rings is 1. The van der Waals surface area contributed by atoms with Crippen molar-refractivity contribution in [2.45, 2.75) is 34.6 Å². The molecule has 3 heterocycles. The lowest BCUT2D eigenvalue weighted by atomic mass is 9.95. The quantitative estimate of drug-likeness (QED) is 0.213. The van der Waals surface area contributed by atoms with E-state index in [4.69, 9.17) is 4.98 Å². The second-order valence-corrected chi connectivity index (χ2v) is 10.3. The number of carbonyl (C=O) groups excluding carboxylic acids is 1. The molecule has 0 saturated heterocycles. The number of nitrogens with zero attached hydrogens (tertiary/aromatic N) is 3. The highest BCUT2D eigenvalue weighted by Crippen LogP contribution is 2.33. The fourth-order valence-corrected chi connectivity index (χ4v) is 4.37. The molecule has 3 aromatic carbocycles. The first-order valence-corrected chi connectivity index (χ1v) is 13.3. The molecule has 0 spiro atoms. The van der Waals surface area contributed by atoms with Crippen LogP contribution in [0.1, 0.15) is 34.6 Å². The maximum Gasteiger partial charge on any atom is 0.229 e. The van der Waals surface area contributed by atoms with Crippen molar-refractivity contribution in [1.29, 1.82) is 0 Å². The van der Waals surface area contributed by atoms with Crippen LogP contribution >= 0.6 is 0 Å². The predicted molar refractivity (Wildman–Crippen MR) is 159 cm³/mol. The van der Waals surface area contributed by atoms with Crippen LogP contribution in [0.15, 0.2) is 79.1 Å². The van der Waals surface area contributed by atoms with E-state index in [0.717, 1.165) is 44.2 Å². The average Bonchev–Trinajstić information content (AvgIpc) is 3.58. The largest absolute Gasteiger partial charge is 0.337 e. The topological polar surface area (TPSA) is 99.3 Å². The molecule has 3 aromatic heterocycles. The zero-order chi connectivity index (χ0) is 28.4. The van der Waals surface area contributed by atoms with Crippen molar-refractivity contribution in [3.63, 3.8) is 0 Å². The number of benzene rings is 3. The predicted octanol–water partition coefficient (Wildman–Crippen LogP) is 7.99. The first kappa shape index (κ1) is 26.7. The minimum atomic E-state index is -0.510. The fourth-order valence-electron chi connectivity index (χ4n) is 4.37. The summed E-state index contributed by atoms with van der Waals surface area (Å²) in [5, 5.41) is 11.5. The van der Waals surface area contributed by atoms with Gasteiger partial charge >= 0.3 is 0 Å². The summed E-state index contributed by atoms with van der Waals surface area (Å²) in [4.78, 5) is 25.1. The number of anilines is 1. The SMILES string of the molecule is CC.CC(C)(C)C(=O)Nc1cncc(-c2ccc3[nH]nc(-c4nc5c(-c6ccc(F)cc6)cccc5[nH]4)c3c2)c1. The summed E-state index contributed by atoms with van der Waals surface area (Å²) in [6.45, 7) is 9.61. The number of halogens is 1. The fraction of sp³-hybridized carbons (Fsp3) is 0.188. The number of rotatable bonds is 4. The first-order valence-electron chi connectivity index (χ1n) is 13.3. The van der Waals surface area contributed by atoms with Crippen molar-refractivity contribution >= 4 is 33.5 Å². The highest BCUT2D eigenvalue weighted by Gasteiger charge is 2.21. The van der Waals surface area contributed by atoms with Gasteiger partial charge in [-0.05, 0) is 47.5 Å². The van der Waals surface area contributed by atoms with E-state index in [-0.39, 0.29) is 11.7 Å². The van der Waals surface area contributed by atoms with Gasteiger partial charge in [0.2, 0.25) is 5.91 Å². The summed E-state index contributed by atoms with van der Waals surface area (Å²) in [7, 11) is 0. The molecule has 6 rings (SSSR count).